The van der Waals surface area contributed by atoms with Crippen molar-refractivity contribution in [3.05, 3.63) is 40.6 Å². The van der Waals surface area contributed by atoms with Crippen LogP contribution >= 0.6 is 0 Å². The molecule has 0 radical (unpaired) electrons. The minimum Gasteiger partial charge on any atom is -0.464 e. The van der Waals surface area contributed by atoms with Gasteiger partial charge in [-0.25, -0.2) is 9.18 Å². The summed E-state index contributed by atoms with van der Waals surface area (Å²) in [6.07, 6.45) is 0.695. The van der Waals surface area contributed by atoms with Crippen LogP contribution in [0.5, 0.6) is 0 Å². The van der Waals surface area contributed by atoms with E-state index in [2.05, 4.69) is 5.10 Å². The summed E-state index contributed by atoms with van der Waals surface area (Å²) < 4.78 is 23.4. The molecule has 1 aromatic heterocycles. The van der Waals surface area contributed by atoms with Crippen molar-refractivity contribution >= 4 is 5.97 Å². The van der Waals surface area contributed by atoms with E-state index in [0.717, 1.165) is 4.68 Å². The lowest BCUT2D eigenvalue weighted by atomic mass is 10.2. The lowest BCUT2D eigenvalue weighted by molar-refractivity contribution is -0.144. The van der Waals surface area contributed by atoms with E-state index >= 15 is 0 Å². The molecular weight excluding hydrogens is 267 g/mol. The molecule has 6 nitrogen and oxygen atoms in total. The first-order valence-corrected chi connectivity index (χ1v) is 6.09. The van der Waals surface area contributed by atoms with Gasteiger partial charge in [0.2, 0.25) is 5.89 Å². The molecule has 0 spiro atoms. The largest absolute Gasteiger partial charge is 0.464 e. The molecule has 0 bridgehead atoms. The number of carbonyl (C=O) groups excluding carboxylic acids is 1. The Labute approximate surface area is 113 Å². The summed E-state index contributed by atoms with van der Waals surface area (Å²) in [5, 5.41) is 3.87. The minimum absolute atomic E-state index is 0.0262. The molecular formula is C13H13FN2O4. The average molecular weight is 280 g/mol. The van der Waals surface area contributed by atoms with Crippen LogP contribution in [0.25, 0.3) is 11.5 Å². The van der Waals surface area contributed by atoms with Crippen LogP contribution in [-0.2, 0) is 16.1 Å². The molecule has 0 N–H and O–H groups in total. The van der Waals surface area contributed by atoms with Crippen molar-refractivity contribution < 1.29 is 18.3 Å². The Kier molecular flexibility index (Phi) is 4.29. The van der Waals surface area contributed by atoms with Crippen LogP contribution in [0.1, 0.15) is 13.3 Å². The molecule has 1 aromatic carbocycles. The number of aromatic nitrogens is 2. The maximum absolute atomic E-state index is 12.8. The lowest BCUT2D eigenvalue weighted by Gasteiger charge is -2.00. The van der Waals surface area contributed by atoms with Gasteiger partial charge in [0.05, 0.1) is 6.61 Å². The molecule has 0 saturated carbocycles. The van der Waals surface area contributed by atoms with Gasteiger partial charge in [0.15, 0.2) is 0 Å². The fourth-order valence-corrected chi connectivity index (χ4v) is 1.50. The normalized spacial score (nSPS) is 10.5. The monoisotopic (exact) mass is 280 g/mol. The highest BCUT2D eigenvalue weighted by atomic mass is 19.1. The zero-order chi connectivity index (χ0) is 14.5. The third-order valence-electron chi connectivity index (χ3n) is 2.44. The third kappa shape index (κ3) is 3.31. The maximum Gasteiger partial charge on any atom is 0.437 e. The summed E-state index contributed by atoms with van der Waals surface area (Å²) >= 11 is 0. The highest BCUT2D eigenvalue weighted by Crippen LogP contribution is 2.15. The summed E-state index contributed by atoms with van der Waals surface area (Å²) in [5.41, 5.74) is 0.448. The predicted octanol–water partition coefficient (Wildman–Crippen LogP) is 1.60. The molecule has 2 aromatic rings. The number of esters is 1. The number of halogens is 1. The van der Waals surface area contributed by atoms with Gasteiger partial charge in [-0.1, -0.05) is 6.92 Å². The van der Waals surface area contributed by atoms with E-state index in [1.807, 2.05) is 6.92 Å². The Morgan fingerprint density at radius 2 is 2.10 bits per heavy atom. The Balaban J connectivity index is 2.15. The van der Waals surface area contributed by atoms with Gasteiger partial charge < -0.3 is 9.15 Å². The Morgan fingerprint density at radius 3 is 2.75 bits per heavy atom. The molecule has 106 valence electrons. The molecule has 0 aliphatic carbocycles. The third-order valence-corrected chi connectivity index (χ3v) is 2.44. The van der Waals surface area contributed by atoms with Crippen molar-refractivity contribution in [1.29, 1.82) is 0 Å². The summed E-state index contributed by atoms with van der Waals surface area (Å²) in [7, 11) is 0. The number of ether oxygens (including phenoxy) is 1. The van der Waals surface area contributed by atoms with Gasteiger partial charge in [0.25, 0.3) is 0 Å². The van der Waals surface area contributed by atoms with Crippen LogP contribution < -0.4 is 5.76 Å². The van der Waals surface area contributed by atoms with Gasteiger partial charge in [-0.15, -0.1) is 5.10 Å². The molecule has 0 fully saturated rings. The standard InChI is InChI=1S/C13H13FN2O4/c1-2-7-19-11(17)8-16-13(18)20-12(15-16)9-3-5-10(14)6-4-9/h3-6H,2,7-8H2,1H3. The summed E-state index contributed by atoms with van der Waals surface area (Å²) in [4.78, 5) is 22.9. The number of benzene rings is 1. The van der Waals surface area contributed by atoms with Crippen LogP contribution in [0, 0.1) is 5.82 Å². The van der Waals surface area contributed by atoms with Gasteiger partial charge in [0.1, 0.15) is 12.4 Å². The molecule has 0 atom stereocenters. The Hall–Kier alpha value is -2.44. The second kappa shape index (κ2) is 6.14. The Morgan fingerprint density at radius 1 is 1.40 bits per heavy atom. The van der Waals surface area contributed by atoms with E-state index in [-0.39, 0.29) is 19.0 Å². The van der Waals surface area contributed by atoms with Crippen LogP contribution in [0.2, 0.25) is 0 Å². The van der Waals surface area contributed by atoms with E-state index < -0.39 is 17.5 Å². The second-order valence-electron chi connectivity index (χ2n) is 4.06. The first-order valence-electron chi connectivity index (χ1n) is 6.09. The molecule has 1 heterocycles. The van der Waals surface area contributed by atoms with Crippen LogP contribution in [-0.4, -0.2) is 22.4 Å². The van der Waals surface area contributed by atoms with Gasteiger partial charge in [0, 0.05) is 5.56 Å². The molecule has 0 aliphatic rings. The zero-order valence-electron chi connectivity index (χ0n) is 10.8. The number of hydrogen-bond donors (Lipinski definition) is 0. The highest BCUT2D eigenvalue weighted by molar-refractivity contribution is 5.69. The topological polar surface area (TPSA) is 74.3 Å². The number of carbonyl (C=O) groups is 1. The van der Waals surface area contributed by atoms with E-state index in [9.17, 15) is 14.0 Å². The van der Waals surface area contributed by atoms with E-state index in [1.54, 1.807) is 0 Å². The molecule has 2 rings (SSSR count). The van der Waals surface area contributed by atoms with Gasteiger partial charge in [-0.05, 0) is 30.7 Å². The van der Waals surface area contributed by atoms with Gasteiger partial charge >= 0.3 is 11.7 Å². The van der Waals surface area contributed by atoms with E-state index in [1.165, 1.54) is 24.3 Å². The zero-order valence-corrected chi connectivity index (χ0v) is 10.8. The molecule has 20 heavy (non-hydrogen) atoms. The number of nitrogens with zero attached hydrogens (tertiary/aromatic N) is 2. The van der Waals surface area contributed by atoms with Crippen molar-refractivity contribution in [1.82, 2.24) is 9.78 Å². The van der Waals surface area contributed by atoms with Crippen LogP contribution in [0.3, 0.4) is 0 Å². The minimum atomic E-state index is -0.766. The smallest absolute Gasteiger partial charge is 0.437 e. The first kappa shape index (κ1) is 14.0. The number of hydrogen-bond acceptors (Lipinski definition) is 5. The van der Waals surface area contributed by atoms with Crippen LogP contribution in [0.15, 0.2) is 33.5 Å². The lowest BCUT2D eigenvalue weighted by Crippen LogP contribution is -2.23. The molecule has 0 unspecified atom stereocenters. The molecule has 0 saturated heterocycles. The van der Waals surface area contributed by atoms with Crippen molar-refractivity contribution in [3.63, 3.8) is 0 Å². The predicted molar refractivity (Wildman–Crippen MR) is 67.4 cm³/mol. The first-order chi connectivity index (χ1) is 9.60. The summed E-state index contributed by atoms with van der Waals surface area (Å²) in [6, 6.07) is 5.31. The molecule has 7 heteroatoms. The van der Waals surface area contributed by atoms with Crippen molar-refractivity contribution in [2.24, 2.45) is 0 Å². The van der Waals surface area contributed by atoms with Crippen molar-refractivity contribution in [2.75, 3.05) is 6.61 Å². The van der Waals surface area contributed by atoms with Gasteiger partial charge in [-0.3, -0.25) is 4.79 Å². The van der Waals surface area contributed by atoms with Gasteiger partial charge in [-0.2, -0.15) is 4.68 Å². The SMILES string of the molecule is CCCOC(=O)Cn1nc(-c2ccc(F)cc2)oc1=O. The fraction of sp³-hybridized carbons (Fsp3) is 0.308. The van der Waals surface area contributed by atoms with Crippen molar-refractivity contribution in [2.45, 2.75) is 19.9 Å². The number of rotatable bonds is 5. The summed E-state index contributed by atoms with van der Waals surface area (Å²) in [6.45, 7) is 1.84. The average Bonchev–Trinajstić information content (AvgIpc) is 2.78. The highest BCUT2D eigenvalue weighted by Gasteiger charge is 2.13. The molecule has 0 amide bonds. The van der Waals surface area contributed by atoms with Crippen molar-refractivity contribution in [3.8, 4) is 11.5 Å². The van der Waals surface area contributed by atoms with E-state index in [0.29, 0.717) is 12.0 Å². The summed E-state index contributed by atoms with van der Waals surface area (Å²) in [5.74, 6) is -1.71. The molecule has 0 aliphatic heterocycles. The second-order valence-corrected chi connectivity index (χ2v) is 4.06. The fourth-order valence-electron chi connectivity index (χ4n) is 1.50. The maximum atomic E-state index is 12.8. The Bertz CT molecular complexity index is 645. The van der Waals surface area contributed by atoms with E-state index in [4.69, 9.17) is 9.15 Å². The quantitative estimate of drug-likeness (QED) is 0.778. The van der Waals surface area contributed by atoms with Crippen LogP contribution in [0.4, 0.5) is 4.39 Å².